The Morgan fingerprint density at radius 1 is 0.892 bits per heavy atom. The number of hydrogen-bond donors (Lipinski definition) is 0. The van der Waals surface area contributed by atoms with Gasteiger partial charge in [-0.3, -0.25) is 9.69 Å². The predicted octanol–water partition coefficient (Wildman–Crippen LogP) is 5.73. The van der Waals surface area contributed by atoms with Crippen molar-refractivity contribution < 1.29 is 9.53 Å². The average molecular weight is 492 g/mol. The molecule has 5 rings (SSSR count). The van der Waals surface area contributed by atoms with Crippen LogP contribution >= 0.6 is 0 Å². The monoisotopic (exact) mass is 491 g/mol. The Morgan fingerprint density at radius 2 is 1.62 bits per heavy atom. The van der Waals surface area contributed by atoms with Gasteiger partial charge in [-0.25, -0.2) is 0 Å². The van der Waals surface area contributed by atoms with Gasteiger partial charge in [-0.05, 0) is 29.3 Å². The first-order chi connectivity index (χ1) is 18.2. The molecule has 1 aromatic heterocycles. The van der Waals surface area contributed by atoms with E-state index < -0.39 is 0 Å². The number of carbonyl (C=O) groups is 1. The molecule has 4 aromatic rings. The normalized spacial score (nSPS) is 14.3. The summed E-state index contributed by atoms with van der Waals surface area (Å²) in [6, 6.07) is 28.6. The standard InChI is InChI=1S/C32H33N3O2/c1-2-23-37-31-17-9-16-29-28(31)24-30(35(29)25-27-13-7-4-8-14-27)32(36)34-21-19-33(20-22-34)18-10-15-26-11-5-3-6-12-26/h2-17,24H,1,18-23,25H2/b15-10+. The predicted molar refractivity (Wildman–Crippen MR) is 151 cm³/mol. The minimum Gasteiger partial charge on any atom is -0.489 e. The van der Waals surface area contributed by atoms with Gasteiger partial charge in [-0.1, -0.05) is 91.5 Å². The lowest BCUT2D eigenvalue weighted by molar-refractivity contribution is 0.0640. The molecule has 0 radical (unpaired) electrons. The number of benzene rings is 3. The molecule has 2 heterocycles. The molecule has 0 bridgehead atoms. The molecule has 0 atom stereocenters. The summed E-state index contributed by atoms with van der Waals surface area (Å²) < 4.78 is 8.05. The Labute approximate surface area is 218 Å². The van der Waals surface area contributed by atoms with Crippen molar-refractivity contribution in [3.63, 3.8) is 0 Å². The van der Waals surface area contributed by atoms with E-state index in [0.717, 1.165) is 41.9 Å². The third-order valence-corrected chi connectivity index (χ3v) is 6.80. The molecule has 0 unspecified atom stereocenters. The van der Waals surface area contributed by atoms with Gasteiger partial charge >= 0.3 is 0 Å². The molecule has 0 spiro atoms. The Balaban J connectivity index is 1.34. The number of aromatic nitrogens is 1. The molecular formula is C32H33N3O2. The fourth-order valence-corrected chi connectivity index (χ4v) is 4.84. The van der Waals surface area contributed by atoms with Crippen LogP contribution in [-0.4, -0.2) is 59.6 Å². The molecule has 1 amide bonds. The van der Waals surface area contributed by atoms with Crippen molar-refractivity contribution in [3.05, 3.63) is 120 Å². The Hall–Kier alpha value is -4.09. The maximum Gasteiger partial charge on any atom is 0.270 e. The van der Waals surface area contributed by atoms with Gasteiger partial charge in [0.05, 0.1) is 5.52 Å². The van der Waals surface area contributed by atoms with E-state index in [9.17, 15) is 4.79 Å². The summed E-state index contributed by atoms with van der Waals surface area (Å²) in [7, 11) is 0. The van der Waals surface area contributed by atoms with Crippen molar-refractivity contribution >= 4 is 22.9 Å². The molecule has 0 saturated carbocycles. The lowest BCUT2D eigenvalue weighted by Crippen LogP contribution is -2.49. The van der Waals surface area contributed by atoms with E-state index in [1.54, 1.807) is 6.08 Å². The zero-order chi connectivity index (χ0) is 25.5. The fourth-order valence-electron chi connectivity index (χ4n) is 4.84. The molecule has 5 nitrogen and oxygen atoms in total. The van der Waals surface area contributed by atoms with E-state index in [-0.39, 0.29) is 5.91 Å². The number of rotatable bonds is 9. The maximum absolute atomic E-state index is 13.8. The summed E-state index contributed by atoms with van der Waals surface area (Å²) in [6.07, 6.45) is 6.10. The van der Waals surface area contributed by atoms with Crippen molar-refractivity contribution in [1.82, 2.24) is 14.4 Å². The van der Waals surface area contributed by atoms with Crippen LogP contribution in [0.1, 0.15) is 21.6 Å². The third kappa shape index (κ3) is 5.84. The molecule has 0 N–H and O–H groups in total. The molecule has 37 heavy (non-hydrogen) atoms. The first kappa shape index (κ1) is 24.6. The highest BCUT2D eigenvalue weighted by atomic mass is 16.5. The van der Waals surface area contributed by atoms with Crippen molar-refractivity contribution in [1.29, 1.82) is 0 Å². The number of carbonyl (C=O) groups excluding carboxylic acids is 1. The van der Waals surface area contributed by atoms with Gasteiger partial charge in [0.2, 0.25) is 0 Å². The zero-order valence-electron chi connectivity index (χ0n) is 21.1. The number of piperazine rings is 1. The second-order valence-electron chi connectivity index (χ2n) is 9.30. The summed E-state index contributed by atoms with van der Waals surface area (Å²) in [6.45, 7) is 8.84. The summed E-state index contributed by atoms with van der Waals surface area (Å²) >= 11 is 0. The SMILES string of the molecule is C=CCOc1cccc2c1cc(C(=O)N1CCN(C/C=C/c3ccccc3)CC1)n2Cc1ccccc1. The first-order valence-corrected chi connectivity index (χ1v) is 12.9. The van der Waals surface area contributed by atoms with Gasteiger partial charge < -0.3 is 14.2 Å². The second-order valence-corrected chi connectivity index (χ2v) is 9.30. The van der Waals surface area contributed by atoms with Gasteiger partial charge in [-0.15, -0.1) is 0 Å². The molecule has 1 aliphatic heterocycles. The minimum absolute atomic E-state index is 0.0706. The average Bonchev–Trinajstić information content (AvgIpc) is 3.32. The summed E-state index contributed by atoms with van der Waals surface area (Å²) in [5.74, 6) is 0.842. The van der Waals surface area contributed by atoms with Crippen molar-refractivity contribution in [2.75, 3.05) is 39.3 Å². The van der Waals surface area contributed by atoms with E-state index in [2.05, 4.69) is 70.7 Å². The topological polar surface area (TPSA) is 37.7 Å². The second kappa shape index (κ2) is 11.8. The molecule has 1 saturated heterocycles. The van der Waals surface area contributed by atoms with Crippen molar-refractivity contribution in [3.8, 4) is 5.75 Å². The summed E-state index contributed by atoms with van der Waals surface area (Å²) in [5.41, 5.74) is 4.06. The Kier molecular flexibility index (Phi) is 7.82. The molecule has 188 valence electrons. The molecule has 5 heteroatoms. The number of amides is 1. The van der Waals surface area contributed by atoms with Crippen LogP contribution in [0.25, 0.3) is 17.0 Å². The molecular weight excluding hydrogens is 458 g/mol. The Morgan fingerprint density at radius 3 is 2.35 bits per heavy atom. The van der Waals surface area contributed by atoms with E-state index >= 15 is 0 Å². The molecule has 0 aliphatic carbocycles. The molecule has 1 fully saturated rings. The van der Waals surface area contributed by atoms with Crippen LogP contribution < -0.4 is 4.74 Å². The van der Waals surface area contributed by atoms with Crippen LogP contribution in [0.2, 0.25) is 0 Å². The fraction of sp³-hybridized carbons (Fsp3) is 0.219. The van der Waals surface area contributed by atoms with Gasteiger partial charge in [0.1, 0.15) is 18.1 Å². The number of ether oxygens (including phenoxy) is 1. The first-order valence-electron chi connectivity index (χ1n) is 12.9. The summed E-state index contributed by atoms with van der Waals surface area (Å²) in [4.78, 5) is 18.2. The van der Waals surface area contributed by atoms with Crippen LogP contribution in [-0.2, 0) is 6.54 Å². The minimum atomic E-state index is 0.0706. The number of nitrogens with zero attached hydrogens (tertiary/aromatic N) is 3. The molecule has 3 aromatic carbocycles. The highest BCUT2D eigenvalue weighted by Gasteiger charge is 2.26. The van der Waals surface area contributed by atoms with Crippen LogP contribution in [0.4, 0.5) is 0 Å². The molecule has 1 aliphatic rings. The van der Waals surface area contributed by atoms with Crippen LogP contribution in [0.5, 0.6) is 5.75 Å². The van der Waals surface area contributed by atoms with Crippen LogP contribution in [0.3, 0.4) is 0 Å². The van der Waals surface area contributed by atoms with Crippen molar-refractivity contribution in [2.45, 2.75) is 6.54 Å². The lowest BCUT2D eigenvalue weighted by Gasteiger charge is -2.34. The Bertz CT molecular complexity index is 1370. The maximum atomic E-state index is 13.8. The van der Waals surface area contributed by atoms with Gasteiger partial charge in [0, 0.05) is 44.7 Å². The van der Waals surface area contributed by atoms with Gasteiger partial charge in [0.15, 0.2) is 0 Å². The third-order valence-electron chi connectivity index (χ3n) is 6.80. The highest BCUT2D eigenvalue weighted by molar-refractivity contribution is 6.00. The van der Waals surface area contributed by atoms with E-state index in [1.807, 2.05) is 47.4 Å². The summed E-state index contributed by atoms with van der Waals surface area (Å²) in [5, 5.41) is 0.952. The van der Waals surface area contributed by atoms with Gasteiger partial charge in [0.25, 0.3) is 5.91 Å². The lowest BCUT2D eigenvalue weighted by atomic mass is 10.2. The highest BCUT2D eigenvalue weighted by Crippen LogP contribution is 2.30. The van der Waals surface area contributed by atoms with Gasteiger partial charge in [-0.2, -0.15) is 0 Å². The number of fused-ring (bicyclic) bond motifs is 1. The van der Waals surface area contributed by atoms with Crippen LogP contribution in [0, 0.1) is 0 Å². The largest absolute Gasteiger partial charge is 0.489 e. The van der Waals surface area contributed by atoms with Crippen LogP contribution in [0.15, 0.2) is 104 Å². The quantitative estimate of drug-likeness (QED) is 0.281. The zero-order valence-corrected chi connectivity index (χ0v) is 21.1. The number of hydrogen-bond acceptors (Lipinski definition) is 3. The van der Waals surface area contributed by atoms with E-state index in [1.165, 1.54) is 5.56 Å². The van der Waals surface area contributed by atoms with Crippen molar-refractivity contribution in [2.24, 2.45) is 0 Å². The van der Waals surface area contributed by atoms with E-state index in [4.69, 9.17) is 4.74 Å². The van der Waals surface area contributed by atoms with E-state index in [0.29, 0.717) is 31.9 Å². The smallest absolute Gasteiger partial charge is 0.270 e.